The summed E-state index contributed by atoms with van der Waals surface area (Å²) in [6.07, 6.45) is 0.501. The smallest absolute Gasteiger partial charge is 0.115 e. The lowest BCUT2D eigenvalue weighted by atomic mass is 9.89. The monoisotopic (exact) mass is 287 g/mol. The number of nitrogens with zero attached hydrogens (tertiary/aromatic N) is 2. The van der Waals surface area contributed by atoms with Gasteiger partial charge in [-0.1, -0.05) is 13.0 Å². The Hall–Kier alpha value is -1.39. The van der Waals surface area contributed by atoms with Gasteiger partial charge in [0.15, 0.2) is 0 Å². The minimum Gasteiger partial charge on any atom is -0.374 e. The number of benzene rings is 1. The average Bonchev–Trinajstić information content (AvgIpc) is 2.95. The van der Waals surface area contributed by atoms with Crippen LogP contribution in [0.3, 0.4) is 0 Å². The molecule has 21 heavy (non-hydrogen) atoms. The highest BCUT2D eigenvalue weighted by molar-refractivity contribution is 5.77. The summed E-state index contributed by atoms with van der Waals surface area (Å²) in [6, 6.07) is 6.35. The summed E-state index contributed by atoms with van der Waals surface area (Å²) in [5.74, 6) is 2.00. The van der Waals surface area contributed by atoms with Gasteiger partial charge in [0, 0.05) is 19.0 Å². The normalized spacial score (nSPS) is 29.4. The van der Waals surface area contributed by atoms with Gasteiger partial charge < -0.3 is 15.0 Å². The molecule has 4 heteroatoms. The highest BCUT2D eigenvalue weighted by atomic mass is 16.5. The summed E-state index contributed by atoms with van der Waals surface area (Å²) in [5, 5.41) is 0. The van der Waals surface area contributed by atoms with Crippen molar-refractivity contribution in [3.63, 3.8) is 0 Å². The van der Waals surface area contributed by atoms with Crippen LogP contribution in [-0.4, -0.2) is 21.8 Å². The zero-order valence-electron chi connectivity index (χ0n) is 13.3. The minimum absolute atomic E-state index is 0.214. The number of ether oxygens (including phenoxy) is 1. The molecule has 2 heterocycles. The van der Waals surface area contributed by atoms with E-state index in [0.717, 1.165) is 23.4 Å². The zero-order valence-corrected chi connectivity index (χ0v) is 13.3. The first-order valence-electron chi connectivity index (χ1n) is 7.91. The first-order valence-corrected chi connectivity index (χ1v) is 7.91. The van der Waals surface area contributed by atoms with Crippen molar-refractivity contribution in [3.05, 3.63) is 29.6 Å². The predicted octanol–water partition coefficient (Wildman–Crippen LogP) is 3.04. The minimum atomic E-state index is 0.214. The van der Waals surface area contributed by atoms with E-state index in [-0.39, 0.29) is 12.2 Å². The van der Waals surface area contributed by atoms with Crippen LogP contribution in [0.5, 0.6) is 0 Å². The van der Waals surface area contributed by atoms with Gasteiger partial charge in [0.1, 0.15) is 5.82 Å². The van der Waals surface area contributed by atoms with Crippen LogP contribution in [-0.2, 0) is 17.8 Å². The quantitative estimate of drug-likeness (QED) is 0.944. The molecule has 4 unspecified atom stereocenters. The number of fused-ring (bicyclic) bond motifs is 1. The maximum absolute atomic E-state index is 6.01. The number of rotatable bonds is 3. The summed E-state index contributed by atoms with van der Waals surface area (Å²) in [7, 11) is 0. The second kappa shape index (κ2) is 5.43. The molecular formula is C17H25N3O. The summed E-state index contributed by atoms with van der Waals surface area (Å²) in [5.41, 5.74) is 9.13. The molecule has 3 rings (SSSR count). The highest BCUT2D eigenvalue weighted by Crippen LogP contribution is 2.40. The van der Waals surface area contributed by atoms with Crippen LogP contribution in [0.1, 0.15) is 45.0 Å². The van der Waals surface area contributed by atoms with Gasteiger partial charge in [0.05, 0.1) is 23.2 Å². The van der Waals surface area contributed by atoms with Crippen LogP contribution in [0, 0.1) is 5.92 Å². The number of hydrogen-bond acceptors (Lipinski definition) is 3. The van der Waals surface area contributed by atoms with Gasteiger partial charge in [0.25, 0.3) is 0 Å². The third-order valence-electron chi connectivity index (χ3n) is 4.93. The van der Waals surface area contributed by atoms with E-state index in [9.17, 15) is 0 Å². The second-order valence-electron chi connectivity index (χ2n) is 6.17. The predicted molar refractivity (Wildman–Crippen MR) is 85.2 cm³/mol. The Labute approximate surface area is 126 Å². The van der Waals surface area contributed by atoms with Gasteiger partial charge in [-0.05, 0) is 44.4 Å². The first kappa shape index (κ1) is 14.5. The molecule has 0 saturated carbocycles. The van der Waals surface area contributed by atoms with Crippen LogP contribution in [0.4, 0.5) is 0 Å². The Kier molecular flexibility index (Phi) is 3.76. The molecule has 1 fully saturated rings. The standard InChI is InChI=1S/C17H25N3O/c1-5-20-15-7-6-13(9-18)8-14(15)19-17(20)16-10(2)11(3)21-12(16)4/h6-8,10-12,16H,5,9,18H2,1-4H3. The SMILES string of the molecule is CCn1c(C2C(C)OC(C)C2C)nc2cc(CN)ccc21. The Balaban J connectivity index is 2.13. The maximum Gasteiger partial charge on any atom is 0.115 e. The molecule has 1 aliphatic heterocycles. The molecule has 0 bridgehead atoms. The van der Waals surface area contributed by atoms with E-state index in [0.29, 0.717) is 18.4 Å². The number of imidazole rings is 1. The molecule has 1 aliphatic rings. The average molecular weight is 287 g/mol. The van der Waals surface area contributed by atoms with Crippen molar-refractivity contribution in [3.8, 4) is 0 Å². The van der Waals surface area contributed by atoms with Crippen molar-refractivity contribution in [2.45, 2.75) is 58.9 Å². The molecule has 0 spiro atoms. The van der Waals surface area contributed by atoms with Crippen LogP contribution < -0.4 is 5.73 Å². The lowest BCUT2D eigenvalue weighted by molar-refractivity contribution is 0.0552. The fraction of sp³-hybridized carbons (Fsp3) is 0.588. The molecule has 0 amide bonds. The van der Waals surface area contributed by atoms with Crippen molar-refractivity contribution in [1.82, 2.24) is 9.55 Å². The summed E-state index contributed by atoms with van der Waals surface area (Å²) < 4.78 is 8.34. The number of aryl methyl sites for hydroxylation is 1. The van der Waals surface area contributed by atoms with Crippen LogP contribution in [0.25, 0.3) is 11.0 Å². The van der Waals surface area contributed by atoms with Crippen LogP contribution >= 0.6 is 0 Å². The second-order valence-corrected chi connectivity index (χ2v) is 6.17. The third-order valence-corrected chi connectivity index (χ3v) is 4.93. The van der Waals surface area contributed by atoms with Gasteiger partial charge in [-0.3, -0.25) is 0 Å². The molecule has 0 aliphatic carbocycles. The highest BCUT2D eigenvalue weighted by Gasteiger charge is 2.40. The topological polar surface area (TPSA) is 53.1 Å². The molecule has 4 atom stereocenters. The Morgan fingerprint density at radius 2 is 2.00 bits per heavy atom. The molecule has 1 saturated heterocycles. The maximum atomic E-state index is 6.01. The summed E-state index contributed by atoms with van der Waals surface area (Å²) in [4.78, 5) is 4.94. The van der Waals surface area contributed by atoms with E-state index >= 15 is 0 Å². The zero-order chi connectivity index (χ0) is 15.1. The molecule has 1 aromatic carbocycles. The van der Waals surface area contributed by atoms with Gasteiger partial charge in [-0.2, -0.15) is 0 Å². The molecule has 1 aromatic heterocycles. The first-order chi connectivity index (χ1) is 10.1. The lowest BCUT2D eigenvalue weighted by Crippen LogP contribution is -2.19. The van der Waals surface area contributed by atoms with E-state index in [1.807, 2.05) is 0 Å². The van der Waals surface area contributed by atoms with Crippen molar-refractivity contribution >= 4 is 11.0 Å². The summed E-state index contributed by atoms with van der Waals surface area (Å²) in [6.45, 7) is 10.3. The fourth-order valence-corrected chi connectivity index (χ4v) is 3.62. The van der Waals surface area contributed by atoms with Gasteiger partial charge >= 0.3 is 0 Å². The number of hydrogen-bond donors (Lipinski definition) is 1. The lowest BCUT2D eigenvalue weighted by Gasteiger charge is -2.19. The van der Waals surface area contributed by atoms with E-state index in [1.165, 1.54) is 5.52 Å². The van der Waals surface area contributed by atoms with Crippen molar-refractivity contribution < 1.29 is 4.74 Å². The molecule has 2 aromatic rings. The van der Waals surface area contributed by atoms with E-state index < -0.39 is 0 Å². The van der Waals surface area contributed by atoms with Gasteiger partial charge in [-0.15, -0.1) is 0 Å². The molecular weight excluding hydrogens is 262 g/mol. The van der Waals surface area contributed by atoms with Crippen molar-refractivity contribution in [1.29, 1.82) is 0 Å². The van der Waals surface area contributed by atoms with Crippen molar-refractivity contribution in [2.24, 2.45) is 11.7 Å². The molecule has 114 valence electrons. The van der Waals surface area contributed by atoms with E-state index in [1.54, 1.807) is 0 Å². The summed E-state index contributed by atoms with van der Waals surface area (Å²) >= 11 is 0. The van der Waals surface area contributed by atoms with Crippen LogP contribution in [0.2, 0.25) is 0 Å². The van der Waals surface area contributed by atoms with Gasteiger partial charge in [-0.25, -0.2) is 4.98 Å². The Morgan fingerprint density at radius 1 is 1.24 bits per heavy atom. The van der Waals surface area contributed by atoms with E-state index in [4.69, 9.17) is 15.5 Å². The number of aromatic nitrogens is 2. The van der Waals surface area contributed by atoms with Crippen molar-refractivity contribution in [2.75, 3.05) is 0 Å². The largest absolute Gasteiger partial charge is 0.374 e. The Morgan fingerprint density at radius 3 is 2.57 bits per heavy atom. The third kappa shape index (κ3) is 2.27. The Bertz CT molecular complexity index is 649. The fourth-order valence-electron chi connectivity index (χ4n) is 3.62. The van der Waals surface area contributed by atoms with Gasteiger partial charge in [0.2, 0.25) is 0 Å². The van der Waals surface area contributed by atoms with E-state index in [2.05, 4.69) is 50.5 Å². The molecule has 2 N–H and O–H groups in total. The molecule has 0 radical (unpaired) electrons. The van der Waals surface area contributed by atoms with Crippen LogP contribution in [0.15, 0.2) is 18.2 Å². The molecule has 4 nitrogen and oxygen atoms in total. The number of nitrogens with two attached hydrogens (primary N) is 1.